The molecule has 0 amide bonds. The van der Waals surface area contributed by atoms with E-state index in [0.29, 0.717) is 0 Å². The lowest BCUT2D eigenvalue weighted by Crippen LogP contribution is -2.59. The molecule has 0 atom stereocenters. The maximum absolute atomic E-state index is 13.8. The number of benzene rings is 1. The molecular formula is C11H13F5O3Si. The summed E-state index contributed by atoms with van der Waals surface area (Å²) in [6.07, 6.45) is -0.614. The van der Waals surface area contributed by atoms with Crippen LogP contribution in [-0.2, 0) is 13.3 Å². The van der Waals surface area contributed by atoms with Crippen LogP contribution in [-0.4, -0.2) is 29.1 Å². The van der Waals surface area contributed by atoms with E-state index in [1.807, 2.05) is 0 Å². The SMILES string of the molecule is CO[Si](OC)(OC(C)C)c1c(F)c(F)c(F)c(F)c1F. The average Bonchev–Trinajstić information content (AvgIpc) is 2.41. The van der Waals surface area contributed by atoms with Crippen molar-refractivity contribution in [1.82, 2.24) is 0 Å². The van der Waals surface area contributed by atoms with E-state index >= 15 is 0 Å². The topological polar surface area (TPSA) is 27.7 Å². The summed E-state index contributed by atoms with van der Waals surface area (Å²) < 4.78 is 82.0. The summed E-state index contributed by atoms with van der Waals surface area (Å²) in [6, 6.07) is 0. The molecule has 0 saturated carbocycles. The third-order valence-corrected chi connectivity index (χ3v) is 5.35. The van der Waals surface area contributed by atoms with Crippen LogP contribution in [0.15, 0.2) is 0 Å². The van der Waals surface area contributed by atoms with Gasteiger partial charge in [-0.25, -0.2) is 22.0 Å². The highest BCUT2D eigenvalue weighted by Gasteiger charge is 2.50. The van der Waals surface area contributed by atoms with Gasteiger partial charge >= 0.3 is 8.80 Å². The molecule has 1 aromatic carbocycles. The molecule has 0 radical (unpaired) electrons. The van der Waals surface area contributed by atoms with Crippen molar-refractivity contribution in [1.29, 1.82) is 0 Å². The molecule has 1 rings (SSSR count). The van der Waals surface area contributed by atoms with E-state index in [2.05, 4.69) is 0 Å². The summed E-state index contributed by atoms with van der Waals surface area (Å²) >= 11 is 0. The van der Waals surface area contributed by atoms with Gasteiger partial charge in [0.2, 0.25) is 5.82 Å². The molecule has 0 heterocycles. The van der Waals surface area contributed by atoms with E-state index in [-0.39, 0.29) is 0 Å². The van der Waals surface area contributed by atoms with Gasteiger partial charge < -0.3 is 13.3 Å². The first-order chi connectivity index (χ1) is 9.21. The highest BCUT2D eigenvalue weighted by molar-refractivity contribution is 6.75. The Labute approximate surface area is 113 Å². The maximum atomic E-state index is 13.8. The second kappa shape index (κ2) is 6.16. The normalized spacial score (nSPS) is 12.3. The van der Waals surface area contributed by atoms with Crippen LogP contribution in [0.4, 0.5) is 22.0 Å². The van der Waals surface area contributed by atoms with Gasteiger partial charge in [0.25, 0.3) is 0 Å². The molecule has 0 N–H and O–H groups in total. The molecule has 9 heteroatoms. The van der Waals surface area contributed by atoms with Gasteiger partial charge in [-0.05, 0) is 13.8 Å². The van der Waals surface area contributed by atoms with Crippen molar-refractivity contribution in [2.75, 3.05) is 14.2 Å². The number of rotatable bonds is 5. The second-order valence-electron chi connectivity index (χ2n) is 4.08. The van der Waals surface area contributed by atoms with Crippen LogP contribution in [0.3, 0.4) is 0 Å². The molecule has 3 nitrogen and oxygen atoms in total. The minimum atomic E-state index is -4.25. The van der Waals surface area contributed by atoms with E-state index in [1.54, 1.807) is 0 Å². The quantitative estimate of drug-likeness (QED) is 0.361. The standard InChI is InChI=1S/C11H13F5O3Si/c1-5(2)19-20(17-3,18-4)11-9(15)7(13)6(12)8(14)10(11)16/h5H,1-4H3. The summed E-state index contributed by atoms with van der Waals surface area (Å²) in [5, 5.41) is -1.20. The summed E-state index contributed by atoms with van der Waals surface area (Å²) in [4.78, 5) is 0. The van der Waals surface area contributed by atoms with Crippen molar-refractivity contribution < 1.29 is 35.2 Å². The van der Waals surface area contributed by atoms with Gasteiger partial charge in [-0.15, -0.1) is 0 Å². The summed E-state index contributed by atoms with van der Waals surface area (Å²) in [7, 11) is -2.23. The van der Waals surface area contributed by atoms with E-state index in [0.717, 1.165) is 14.2 Å². The largest absolute Gasteiger partial charge is 0.543 e. The van der Waals surface area contributed by atoms with Crippen LogP contribution < -0.4 is 5.19 Å². The van der Waals surface area contributed by atoms with Crippen LogP contribution in [0.25, 0.3) is 0 Å². The fraction of sp³-hybridized carbons (Fsp3) is 0.455. The lowest BCUT2D eigenvalue weighted by Gasteiger charge is -2.29. The van der Waals surface area contributed by atoms with Crippen LogP contribution in [0.5, 0.6) is 0 Å². The van der Waals surface area contributed by atoms with Gasteiger partial charge in [0, 0.05) is 20.3 Å². The minimum absolute atomic E-state index is 0.614. The highest BCUT2D eigenvalue weighted by Crippen LogP contribution is 2.22. The van der Waals surface area contributed by atoms with Crippen molar-refractivity contribution in [3.05, 3.63) is 29.1 Å². The molecule has 0 spiro atoms. The number of hydrogen-bond donors (Lipinski definition) is 0. The Morgan fingerprint density at radius 1 is 0.750 bits per heavy atom. The Hall–Kier alpha value is -1.03. The van der Waals surface area contributed by atoms with Gasteiger partial charge in [-0.2, -0.15) is 0 Å². The van der Waals surface area contributed by atoms with Crippen LogP contribution >= 0.6 is 0 Å². The zero-order valence-electron chi connectivity index (χ0n) is 11.2. The highest BCUT2D eigenvalue weighted by atomic mass is 28.4. The first-order valence-electron chi connectivity index (χ1n) is 5.51. The summed E-state index contributed by atoms with van der Waals surface area (Å²) in [5.41, 5.74) is 0. The fourth-order valence-corrected chi connectivity index (χ4v) is 3.89. The van der Waals surface area contributed by atoms with Gasteiger partial charge in [-0.3, -0.25) is 0 Å². The molecule has 0 aliphatic carbocycles. The molecule has 0 fully saturated rings. The number of halogens is 5. The predicted molar refractivity (Wildman–Crippen MR) is 61.9 cm³/mol. The van der Waals surface area contributed by atoms with Crippen molar-refractivity contribution in [2.45, 2.75) is 20.0 Å². The molecule has 1 aromatic rings. The molecule has 0 bridgehead atoms. The third kappa shape index (κ3) is 2.71. The van der Waals surface area contributed by atoms with E-state index in [1.165, 1.54) is 13.8 Å². The van der Waals surface area contributed by atoms with Crippen molar-refractivity contribution in [3.8, 4) is 0 Å². The molecule has 0 saturated heterocycles. The van der Waals surface area contributed by atoms with Crippen molar-refractivity contribution in [2.24, 2.45) is 0 Å². The van der Waals surface area contributed by atoms with Gasteiger partial charge in [0.1, 0.15) is 5.19 Å². The summed E-state index contributed by atoms with van der Waals surface area (Å²) in [6.45, 7) is 3.01. The molecule has 0 aliphatic rings. The molecule has 114 valence electrons. The van der Waals surface area contributed by atoms with Gasteiger partial charge in [0.05, 0.1) is 0 Å². The Morgan fingerprint density at radius 3 is 1.40 bits per heavy atom. The van der Waals surface area contributed by atoms with Crippen molar-refractivity contribution >= 4 is 14.0 Å². The van der Waals surface area contributed by atoms with E-state index < -0.39 is 49.2 Å². The zero-order valence-corrected chi connectivity index (χ0v) is 12.2. The first kappa shape index (κ1) is 17.0. The monoisotopic (exact) mass is 316 g/mol. The molecule has 20 heavy (non-hydrogen) atoms. The van der Waals surface area contributed by atoms with E-state index in [4.69, 9.17) is 13.3 Å². The number of hydrogen-bond acceptors (Lipinski definition) is 3. The zero-order chi connectivity index (χ0) is 15.7. The second-order valence-corrected chi connectivity index (χ2v) is 6.74. The lowest BCUT2D eigenvalue weighted by atomic mass is 10.3. The smallest absolute Gasteiger partial charge is 0.373 e. The van der Waals surface area contributed by atoms with Gasteiger partial charge in [-0.1, -0.05) is 0 Å². The predicted octanol–water partition coefficient (Wildman–Crippen LogP) is 2.25. The Bertz CT molecular complexity index is 476. The maximum Gasteiger partial charge on any atom is 0.543 e. The Morgan fingerprint density at radius 2 is 1.10 bits per heavy atom. The van der Waals surface area contributed by atoms with E-state index in [9.17, 15) is 22.0 Å². The Kier molecular flexibility index (Phi) is 5.25. The average molecular weight is 316 g/mol. The summed E-state index contributed by atoms with van der Waals surface area (Å²) in [5.74, 6) is -10.4. The molecule has 0 aromatic heterocycles. The minimum Gasteiger partial charge on any atom is -0.373 e. The third-order valence-electron chi connectivity index (χ3n) is 2.44. The fourth-order valence-electron chi connectivity index (χ4n) is 1.63. The lowest BCUT2D eigenvalue weighted by molar-refractivity contribution is 0.0819. The van der Waals surface area contributed by atoms with Crippen LogP contribution in [0.2, 0.25) is 0 Å². The molecule has 0 unspecified atom stereocenters. The van der Waals surface area contributed by atoms with Crippen LogP contribution in [0.1, 0.15) is 13.8 Å². The van der Waals surface area contributed by atoms with Crippen molar-refractivity contribution in [3.63, 3.8) is 0 Å². The van der Waals surface area contributed by atoms with Crippen LogP contribution in [0, 0.1) is 29.1 Å². The van der Waals surface area contributed by atoms with Gasteiger partial charge in [0.15, 0.2) is 23.3 Å². The molecular weight excluding hydrogens is 303 g/mol. The first-order valence-corrected chi connectivity index (χ1v) is 7.24. The molecule has 0 aliphatic heterocycles. The Balaban J connectivity index is 3.65.